The number of alkyl halides is 2. The number of para-hydroxylation sites is 1. The van der Waals surface area contributed by atoms with Crippen LogP contribution in [0.2, 0.25) is 0 Å². The summed E-state index contributed by atoms with van der Waals surface area (Å²) in [5, 5.41) is 4.87. The van der Waals surface area contributed by atoms with E-state index in [1.807, 2.05) is 0 Å². The summed E-state index contributed by atoms with van der Waals surface area (Å²) < 4.78 is 78.0. The van der Waals surface area contributed by atoms with Gasteiger partial charge in [-0.15, -0.1) is 0 Å². The van der Waals surface area contributed by atoms with Crippen molar-refractivity contribution < 1.29 is 35.9 Å². The number of nitrogens with two attached hydrogens (primary N) is 1. The Bertz CT molecular complexity index is 2070. The monoisotopic (exact) mass is 668 g/mol. The number of carbonyl (C=O) groups is 1. The molecule has 246 valence electrons. The second kappa shape index (κ2) is 12.7. The van der Waals surface area contributed by atoms with Gasteiger partial charge in [0, 0.05) is 30.1 Å². The van der Waals surface area contributed by atoms with E-state index in [-0.39, 0.29) is 40.4 Å². The largest absolute Gasteiger partial charge is 0.487 e. The minimum absolute atomic E-state index is 0.0223. The van der Waals surface area contributed by atoms with Crippen LogP contribution in [0, 0.1) is 12.7 Å². The summed E-state index contributed by atoms with van der Waals surface area (Å²) in [6.45, 7) is 1.55. The molecule has 1 aliphatic heterocycles. The van der Waals surface area contributed by atoms with Gasteiger partial charge in [0.2, 0.25) is 21.7 Å². The SMILES string of the molecule is Cc1cc(Oc2ccccc2F)ncc1-n1ncc(C(=O)c2cc3cc(OCC(F)F)c(C4CCN(S(C)(=O)=O)CC4)cc3[nH]2)c1N. The highest BCUT2D eigenvalue weighted by atomic mass is 32.2. The highest BCUT2D eigenvalue weighted by molar-refractivity contribution is 7.88. The van der Waals surface area contributed by atoms with Gasteiger partial charge in [0.25, 0.3) is 6.43 Å². The zero-order valence-electron chi connectivity index (χ0n) is 25.4. The van der Waals surface area contributed by atoms with Crippen LogP contribution in [0.15, 0.2) is 60.9 Å². The molecule has 0 radical (unpaired) electrons. The Labute approximate surface area is 268 Å². The van der Waals surface area contributed by atoms with E-state index in [2.05, 4.69) is 15.1 Å². The number of hydrogen-bond donors (Lipinski definition) is 2. The Kier molecular flexibility index (Phi) is 8.68. The summed E-state index contributed by atoms with van der Waals surface area (Å²) in [7, 11) is -3.35. The smallest absolute Gasteiger partial charge is 0.272 e. The molecule has 1 saturated heterocycles. The predicted molar refractivity (Wildman–Crippen MR) is 169 cm³/mol. The van der Waals surface area contributed by atoms with E-state index in [1.165, 1.54) is 33.5 Å². The molecule has 11 nitrogen and oxygen atoms in total. The van der Waals surface area contributed by atoms with Crippen LogP contribution in [0.3, 0.4) is 0 Å². The number of anilines is 1. The van der Waals surface area contributed by atoms with Crippen LogP contribution in [0.5, 0.6) is 17.4 Å². The number of pyridine rings is 1. The van der Waals surface area contributed by atoms with Crippen LogP contribution in [0.1, 0.15) is 45.9 Å². The van der Waals surface area contributed by atoms with Crippen molar-refractivity contribution in [3.05, 3.63) is 89.1 Å². The van der Waals surface area contributed by atoms with Gasteiger partial charge in [-0.3, -0.25) is 4.79 Å². The summed E-state index contributed by atoms with van der Waals surface area (Å²) >= 11 is 0. The topological polar surface area (TPSA) is 145 Å². The van der Waals surface area contributed by atoms with E-state index in [0.717, 1.165) is 6.26 Å². The van der Waals surface area contributed by atoms with E-state index in [0.29, 0.717) is 53.6 Å². The van der Waals surface area contributed by atoms with Crippen molar-refractivity contribution in [2.24, 2.45) is 0 Å². The van der Waals surface area contributed by atoms with Crippen molar-refractivity contribution in [2.75, 3.05) is 31.7 Å². The van der Waals surface area contributed by atoms with Crippen molar-refractivity contribution >= 4 is 32.5 Å². The van der Waals surface area contributed by atoms with E-state index >= 15 is 0 Å². The first-order chi connectivity index (χ1) is 22.4. The third-order valence-electron chi connectivity index (χ3n) is 8.11. The zero-order chi connectivity index (χ0) is 33.5. The quantitative estimate of drug-likeness (QED) is 0.184. The summed E-state index contributed by atoms with van der Waals surface area (Å²) in [4.78, 5) is 21.0. The maximum Gasteiger partial charge on any atom is 0.272 e. The molecule has 6 rings (SSSR count). The molecule has 1 aliphatic rings. The number of sulfonamides is 1. The Morgan fingerprint density at radius 3 is 2.53 bits per heavy atom. The van der Waals surface area contributed by atoms with Gasteiger partial charge in [0.05, 0.1) is 35.6 Å². The number of nitrogen functional groups attached to an aromatic ring is 1. The van der Waals surface area contributed by atoms with E-state index in [4.69, 9.17) is 15.2 Å². The predicted octanol–water partition coefficient (Wildman–Crippen LogP) is 5.58. The number of nitrogens with one attached hydrogen (secondary N) is 1. The summed E-state index contributed by atoms with van der Waals surface area (Å²) in [5.74, 6) is -0.625. The van der Waals surface area contributed by atoms with Gasteiger partial charge in [-0.1, -0.05) is 12.1 Å². The number of piperidine rings is 1. The molecule has 4 heterocycles. The minimum Gasteiger partial charge on any atom is -0.487 e. The lowest BCUT2D eigenvalue weighted by Gasteiger charge is -2.31. The van der Waals surface area contributed by atoms with Crippen LogP contribution in [0.4, 0.5) is 19.0 Å². The number of nitrogens with zero attached hydrogens (tertiary/aromatic N) is 4. The van der Waals surface area contributed by atoms with Crippen molar-refractivity contribution in [3.63, 3.8) is 0 Å². The number of aryl methyl sites for hydroxylation is 1. The van der Waals surface area contributed by atoms with Gasteiger partial charge in [-0.25, -0.2) is 35.6 Å². The molecule has 47 heavy (non-hydrogen) atoms. The van der Waals surface area contributed by atoms with E-state index in [1.54, 1.807) is 43.3 Å². The average Bonchev–Trinajstić information content (AvgIpc) is 3.63. The molecule has 0 bridgehead atoms. The molecule has 3 aromatic heterocycles. The second-order valence-corrected chi connectivity index (χ2v) is 13.3. The molecular weight excluding hydrogens is 637 g/mol. The fraction of sp³-hybridized carbons (Fsp3) is 0.281. The lowest BCUT2D eigenvalue weighted by molar-refractivity contribution is 0.0811. The fourth-order valence-electron chi connectivity index (χ4n) is 5.70. The Hall–Kier alpha value is -4.89. The van der Waals surface area contributed by atoms with Gasteiger partial charge in [-0.2, -0.15) is 5.10 Å². The van der Waals surface area contributed by atoms with Gasteiger partial charge in [0.1, 0.15) is 18.2 Å². The highest BCUT2D eigenvalue weighted by Crippen LogP contribution is 2.38. The maximum absolute atomic E-state index is 14.0. The van der Waals surface area contributed by atoms with E-state index in [9.17, 15) is 26.4 Å². The van der Waals surface area contributed by atoms with Crippen molar-refractivity contribution in [3.8, 4) is 23.1 Å². The number of aromatic nitrogens is 4. The van der Waals surface area contributed by atoms with Gasteiger partial charge in [0.15, 0.2) is 11.6 Å². The van der Waals surface area contributed by atoms with Crippen LogP contribution >= 0.6 is 0 Å². The van der Waals surface area contributed by atoms with E-state index < -0.39 is 34.7 Å². The van der Waals surface area contributed by atoms with Crippen LogP contribution in [-0.2, 0) is 10.0 Å². The molecule has 15 heteroatoms. The van der Waals surface area contributed by atoms with Crippen LogP contribution < -0.4 is 15.2 Å². The van der Waals surface area contributed by atoms with Crippen LogP contribution in [-0.4, -0.2) is 70.6 Å². The van der Waals surface area contributed by atoms with Crippen molar-refractivity contribution in [1.29, 1.82) is 0 Å². The molecule has 0 saturated carbocycles. The molecule has 0 amide bonds. The van der Waals surface area contributed by atoms with Gasteiger partial charge >= 0.3 is 0 Å². The number of carbonyl (C=O) groups excluding carboxylic acids is 1. The number of ketones is 1. The minimum atomic E-state index is -3.35. The van der Waals surface area contributed by atoms with Gasteiger partial charge in [-0.05, 0) is 67.1 Å². The van der Waals surface area contributed by atoms with Crippen LogP contribution in [0.25, 0.3) is 16.6 Å². The highest BCUT2D eigenvalue weighted by Gasteiger charge is 2.29. The first-order valence-electron chi connectivity index (χ1n) is 14.7. The average molecular weight is 669 g/mol. The summed E-state index contributed by atoms with van der Waals surface area (Å²) in [6.07, 6.45) is 2.22. The number of hydrogen-bond acceptors (Lipinski definition) is 8. The molecule has 3 N–H and O–H groups in total. The number of rotatable bonds is 10. The summed E-state index contributed by atoms with van der Waals surface area (Å²) in [6, 6.07) is 12.5. The number of benzene rings is 2. The Morgan fingerprint density at radius 2 is 1.85 bits per heavy atom. The molecule has 2 aromatic carbocycles. The number of aromatic amines is 1. The zero-order valence-corrected chi connectivity index (χ0v) is 26.2. The molecule has 0 spiro atoms. The first kappa shape index (κ1) is 32.1. The molecule has 0 aliphatic carbocycles. The number of halogens is 3. The molecule has 1 fully saturated rings. The third kappa shape index (κ3) is 6.67. The molecule has 5 aromatic rings. The summed E-state index contributed by atoms with van der Waals surface area (Å²) in [5.41, 5.74) is 9.07. The standard InChI is InChI=1S/C32H31F3N6O5S/c1-18-11-30(46-27-6-4-3-5-23(27)33)37-16-26(18)41-32(36)22(15-38-41)31(42)25-12-20-13-28(45-17-29(34)35)21(14-24(20)39-25)19-7-9-40(10-8-19)47(2,43)44/h3-6,11-16,19,29,39H,7-10,17,36H2,1-2H3. The van der Waals surface area contributed by atoms with Gasteiger partial charge < -0.3 is 20.2 Å². The lowest BCUT2D eigenvalue weighted by Crippen LogP contribution is -2.37. The molecule has 0 unspecified atom stereocenters. The second-order valence-electron chi connectivity index (χ2n) is 11.3. The Balaban J connectivity index is 1.27. The lowest BCUT2D eigenvalue weighted by atomic mass is 9.89. The first-order valence-corrected chi connectivity index (χ1v) is 16.5. The number of ether oxygens (including phenoxy) is 2. The maximum atomic E-state index is 14.0. The number of fused-ring (bicyclic) bond motifs is 1. The Morgan fingerprint density at radius 1 is 1.11 bits per heavy atom. The molecular formula is C32H31F3N6O5S. The van der Waals surface area contributed by atoms with Crippen molar-refractivity contribution in [2.45, 2.75) is 32.1 Å². The van der Waals surface area contributed by atoms with Crippen molar-refractivity contribution in [1.82, 2.24) is 24.1 Å². The molecule has 0 atom stereocenters. The fourth-order valence-corrected chi connectivity index (χ4v) is 6.58. The third-order valence-corrected chi connectivity index (χ3v) is 9.42. The number of H-pyrrole nitrogens is 1. The normalized spacial score (nSPS) is 14.6.